The Morgan fingerprint density at radius 2 is 1.96 bits per heavy atom. The van der Waals surface area contributed by atoms with E-state index in [0.717, 1.165) is 12.1 Å². The van der Waals surface area contributed by atoms with Crippen molar-refractivity contribution in [1.29, 1.82) is 0 Å². The number of hydrogen-bond acceptors (Lipinski definition) is 5. The Morgan fingerprint density at radius 3 is 2.58 bits per heavy atom. The Hall–Kier alpha value is -3.10. The monoisotopic (exact) mass is 366 g/mol. The van der Waals surface area contributed by atoms with Gasteiger partial charge in [-0.25, -0.2) is 27.9 Å². The number of aryl methyl sites for hydroxylation is 1. The van der Waals surface area contributed by atoms with Gasteiger partial charge in [0.05, 0.1) is 17.2 Å². The van der Waals surface area contributed by atoms with Gasteiger partial charge in [0, 0.05) is 11.6 Å². The zero-order valence-corrected chi connectivity index (χ0v) is 14.0. The molecule has 1 aromatic heterocycles. The summed E-state index contributed by atoms with van der Waals surface area (Å²) in [5, 5.41) is 11.7. The van der Waals surface area contributed by atoms with Crippen LogP contribution in [0.25, 0.3) is 6.08 Å². The van der Waals surface area contributed by atoms with Crippen molar-refractivity contribution >= 4 is 23.7 Å². The average molecular weight is 366 g/mol. The molecule has 0 saturated carbocycles. The highest BCUT2D eigenvalue weighted by atomic mass is 19.3. The summed E-state index contributed by atoms with van der Waals surface area (Å²) in [5.41, 5.74) is 5.34. The molecule has 0 bridgehead atoms. The molecule has 4 N–H and O–H groups in total. The molecule has 1 aromatic carbocycles. The van der Waals surface area contributed by atoms with Crippen LogP contribution in [0.2, 0.25) is 0 Å². The molecule has 2 aromatic rings. The number of nitrogens with two attached hydrogens (primary N) is 1. The summed E-state index contributed by atoms with van der Waals surface area (Å²) >= 11 is 0. The van der Waals surface area contributed by atoms with Crippen LogP contribution in [0.3, 0.4) is 0 Å². The molecule has 0 amide bonds. The summed E-state index contributed by atoms with van der Waals surface area (Å²) in [6, 6.07) is 3.00. The molecule has 26 heavy (non-hydrogen) atoms. The zero-order valence-electron chi connectivity index (χ0n) is 14.0. The third-order valence-electron chi connectivity index (χ3n) is 3.59. The number of hydrogen-bond donors (Lipinski definition) is 3. The Kier molecular flexibility index (Phi) is 5.81. The molecule has 1 heterocycles. The lowest BCUT2D eigenvalue weighted by Gasteiger charge is -2.19. The molecule has 0 aliphatic heterocycles. The molecule has 1 atom stereocenters. The first kappa shape index (κ1) is 19.2. The van der Waals surface area contributed by atoms with Crippen molar-refractivity contribution in [2.45, 2.75) is 26.3 Å². The number of carbonyl (C=O) groups is 1. The molecule has 0 fully saturated rings. The molecule has 0 aliphatic rings. The van der Waals surface area contributed by atoms with E-state index >= 15 is 0 Å². The normalized spacial score (nSPS) is 12.5. The second-order valence-corrected chi connectivity index (χ2v) is 5.51. The van der Waals surface area contributed by atoms with Crippen LogP contribution in [0.15, 0.2) is 24.3 Å². The lowest BCUT2D eigenvalue weighted by molar-refractivity contribution is -0.131. The molecule has 0 saturated heterocycles. The van der Waals surface area contributed by atoms with Crippen LogP contribution in [-0.2, 0) is 4.79 Å². The minimum Gasteiger partial charge on any atom is -0.478 e. The maximum absolute atomic E-state index is 14.3. The van der Waals surface area contributed by atoms with Gasteiger partial charge in [-0.1, -0.05) is 18.2 Å². The van der Waals surface area contributed by atoms with E-state index in [-0.39, 0.29) is 22.8 Å². The minimum atomic E-state index is -2.94. The van der Waals surface area contributed by atoms with E-state index in [1.54, 1.807) is 13.8 Å². The molecule has 0 aliphatic carbocycles. The van der Waals surface area contributed by atoms with Crippen LogP contribution in [0, 0.1) is 12.7 Å². The summed E-state index contributed by atoms with van der Waals surface area (Å²) in [7, 11) is 0. The SMILES string of the molecule is Cc1nc(N)c(/C=C/C(=O)O)c(N[C@H](C)c2cccc(C(F)F)c2F)n1. The molecule has 0 radical (unpaired) electrons. The number of carboxylic acids is 1. The average Bonchev–Trinajstić information content (AvgIpc) is 2.53. The number of alkyl halides is 2. The molecular formula is C17H17F3N4O2. The molecule has 2 rings (SSSR count). The van der Waals surface area contributed by atoms with Crippen LogP contribution < -0.4 is 11.1 Å². The van der Waals surface area contributed by atoms with Gasteiger partial charge in [-0.3, -0.25) is 0 Å². The van der Waals surface area contributed by atoms with Crippen molar-refractivity contribution < 1.29 is 23.1 Å². The van der Waals surface area contributed by atoms with Crippen LogP contribution >= 0.6 is 0 Å². The standard InChI is InChI=1S/C17H17F3N4O2/c1-8(10-4-3-5-11(14(10)18)15(19)20)22-17-12(6-7-13(25)26)16(21)23-9(2)24-17/h3-8,15H,1-2H3,(H,25,26)(H3,21,22,23,24)/b7-6+/t8-/m1/s1. The molecule has 6 nitrogen and oxygen atoms in total. The third-order valence-corrected chi connectivity index (χ3v) is 3.59. The predicted octanol–water partition coefficient (Wildman–Crippen LogP) is 3.71. The highest BCUT2D eigenvalue weighted by Crippen LogP contribution is 2.30. The molecule has 9 heteroatoms. The number of rotatable bonds is 6. The summed E-state index contributed by atoms with van der Waals surface area (Å²) in [4.78, 5) is 18.8. The molecule has 138 valence electrons. The van der Waals surface area contributed by atoms with E-state index in [2.05, 4.69) is 15.3 Å². The molecule has 0 spiro atoms. The fraction of sp³-hybridized carbons (Fsp3) is 0.235. The van der Waals surface area contributed by atoms with Gasteiger partial charge in [0.2, 0.25) is 0 Å². The quantitative estimate of drug-likeness (QED) is 0.674. The second-order valence-electron chi connectivity index (χ2n) is 5.51. The number of anilines is 2. The summed E-state index contributed by atoms with van der Waals surface area (Å²) < 4.78 is 40.1. The van der Waals surface area contributed by atoms with Crippen LogP contribution in [0.1, 0.15) is 41.9 Å². The Bertz CT molecular complexity index is 856. The number of nitrogens with one attached hydrogen (secondary N) is 1. The highest BCUT2D eigenvalue weighted by molar-refractivity contribution is 5.88. The summed E-state index contributed by atoms with van der Waals surface area (Å²) in [6.45, 7) is 3.14. The maximum Gasteiger partial charge on any atom is 0.328 e. The number of carboxylic acid groups (broad SMARTS) is 1. The van der Waals surface area contributed by atoms with Crippen LogP contribution in [0.5, 0.6) is 0 Å². The van der Waals surface area contributed by atoms with Crippen molar-refractivity contribution in [3.05, 3.63) is 52.6 Å². The van der Waals surface area contributed by atoms with E-state index in [1.165, 1.54) is 18.2 Å². The number of aliphatic carboxylic acids is 1. The van der Waals surface area contributed by atoms with E-state index < -0.39 is 29.8 Å². The second kappa shape index (κ2) is 7.85. The number of aromatic nitrogens is 2. The van der Waals surface area contributed by atoms with Gasteiger partial charge in [0.15, 0.2) is 0 Å². The lowest BCUT2D eigenvalue weighted by Crippen LogP contribution is -2.14. The minimum absolute atomic E-state index is 0.0193. The summed E-state index contributed by atoms with van der Waals surface area (Å²) in [5.74, 6) is -1.69. The fourth-order valence-electron chi connectivity index (χ4n) is 2.39. The van der Waals surface area contributed by atoms with Gasteiger partial charge in [-0.15, -0.1) is 0 Å². The van der Waals surface area contributed by atoms with Crippen molar-refractivity contribution in [2.24, 2.45) is 0 Å². The summed E-state index contributed by atoms with van der Waals surface area (Å²) in [6.07, 6.45) is -0.871. The first-order valence-corrected chi connectivity index (χ1v) is 7.58. The number of nitrogen functional groups attached to an aromatic ring is 1. The largest absolute Gasteiger partial charge is 0.478 e. The predicted molar refractivity (Wildman–Crippen MR) is 91.2 cm³/mol. The molecular weight excluding hydrogens is 349 g/mol. The highest BCUT2D eigenvalue weighted by Gasteiger charge is 2.20. The maximum atomic E-state index is 14.3. The first-order valence-electron chi connectivity index (χ1n) is 7.58. The lowest BCUT2D eigenvalue weighted by atomic mass is 10.0. The first-order chi connectivity index (χ1) is 12.2. The van der Waals surface area contributed by atoms with Crippen molar-refractivity contribution in [2.75, 3.05) is 11.1 Å². The zero-order chi connectivity index (χ0) is 19.4. The van der Waals surface area contributed by atoms with Gasteiger partial charge in [0.1, 0.15) is 23.3 Å². The number of halogens is 3. The Balaban J connectivity index is 2.42. The van der Waals surface area contributed by atoms with Gasteiger partial charge < -0.3 is 16.2 Å². The van der Waals surface area contributed by atoms with Gasteiger partial charge in [0.25, 0.3) is 6.43 Å². The van der Waals surface area contributed by atoms with Crippen molar-refractivity contribution in [3.8, 4) is 0 Å². The van der Waals surface area contributed by atoms with Crippen molar-refractivity contribution in [3.63, 3.8) is 0 Å². The van der Waals surface area contributed by atoms with Crippen molar-refractivity contribution in [1.82, 2.24) is 9.97 Å². The van der Waals surface area contributed by atoms with E-state index in [1.807, 2.05) is 0 Å². The topological polar surface area (TPSA) is 101 Å². The number of benzene rings is 1. The Morgan fingerprint density at radius 1 is 1.31 bits per heavy atom. The number of nitrogens with zero attached hydrogens (tertiary/aromatic N) is 2. The van der Waals surface area contributed by atoms with E-state index in [4.69, 9.17) is 10.8 Å². The molecule has 0 unspecified atom stereocenters. The van der Waals surface area contributed by atoms with Gasteiger partial charge in [-0.05, 0) is 19.9 Å². The third kappa shape index (κ3) is 4.29. The van der Waals surface area contributed by atoms with Crippen LogP contribution in [0.4, 0.5) is 24.8 Å². The van der Waals surface area contributed by atoms with Crippen LogP contribution in [-0.4, -0.2) is 21.0 Å². The Labute approximate surface area is 147 Å². The van der Waals surface area contributed by atoms with Gasteiger partial charge in [-0.2, -0.15) is 0 Å². The fourth-order valence-corrected chi connectivity index (χ4v) is 2.39. The van der Waals surface area contributed by atoms with Gasteiger partial charge >= 0.3 is 5.97 Å². The van der Waals surface area contributed by atoms with E-state index in [0.29, 0.717) is 5.82 Å². The smallest absolute Gasteiger partial charge is 0.328 e. The van der Waals surface area contributed by atoms with E-state index in [9.17, 15) is 18.0 Å².